The van der Waals surface area contributed by atoms with E-state index in [1.54, 1.807) is 0 Å². The van der Waals surface area contributed by atoms with Crippen LogP contribution in [0.5, 0.6) is 0 Å². The van der Waals surface area contributed by atoms with Crippen LogP contribution in [0.1, 0.15) is 79.1 Å². The van der Waals surface area contributed by atoms with Gasteiger partial charge in [0.25, 0.3) is 0 Å². The van der Waals surface area contributed by atoms with Gasteiger partial charge in [0, 0.05) is 19.6 Å². The molecule has 3 heteroatoms. The van der Waals surface area contributed by atoms with E-state index in [2.05, 4.69) is 27.7 Å². The largest absolute Gasteiger partial charge is 0.375 e. The maximum Gasteiger partial charge on any atom is 0.0837 e. The van der Waals surface area contributed by atoms with Gasteiger partial charge in [-0.3, -0.25) is 0 Å². The van der Waals surface area contributed by atoms with E-state index in [1.165, 1.54) is 19.3 Å². The van der Waals surface area contributed by atoms with E-state index in [1.807, 2.05) is 0 Å². The van der Waals surface area contributed by atoms with E-state index in [-0.39, 0.29) is 11.2 Å². The van der Waals surface area contributed by atoms with Crippen LogP contribution < -0.4 is 0 Å². The zero-order chi connectivity index (χ0) is 16.1. The third-order valence-electron chi connectivity index (χ3n) is 5.41. The van der Waals surface area contributed by atoms with Crippen molar-refractivity contribution in [3.63, 3.8) is 0 Å². The Hall–Kier alpha value is -0.120. The lowest BCUT2D eigenvalue weighted by Gasteiger charge is -2.30. The van der Waals surface area contributed by atoms with Gasteiger partial charge in [-0.2, -0.15) is 0 Å². The minimum Gasteiger partial charge on any atom is -0.375 e. The summed E-state index contributed by atoms with van der Waals surface area (Å²) in [7, 11) is 0. The van der Waals surface area contributed by atoms with Crippen LogP contribution >= 0.6 is 0 Å². The molecule has 3 unspecified atom stereocenters. The van der Waals surface area contributed by atoms with Gasteiger partial charge in [-0.1, -0.05) is 26.7 Å². The zero-order valence-electron chi connectivity index (χ0n) is 15.2. The van der Waals surface area contributed by atoms with Crippen LogP contribution in [0, 0.1) is 5.92 Å². The first-order valence-electron chi connectivity index (χ1n) is 9.38. The van der Waals surface area contributed by atoms with E-state index in [0.29, 0.717) is 6.10 Å². The third kappa shape index (κ3) is 6.55. The smallest absolute Gasteiger partial charge is 0.0837 e. The minimum atomic E-state index is -0.00801. The summed E-state index contributed by atoms with van der Waals surface area (Å²) in [5.74, 6) is 0.934. The van der Waals surface area contributed by atoms with E-state index >= 15 is 0 Å². The molecule has 1 aliphatic heterocycles. The molecule has 2 rings (SSSR count). The minimum absolute atomic E-state index is 0.00801. The van der Waals surface area contributed by atoms with Gasteiger partial charge in [0.05, 0.1) is 23.9 Å². The average molecular weight is 312 g/mol. The highest BCUT2D eigenvalue weighted by atomic mass is 16.6. The van der Waals surface area contributed by atoms with Crippen molar-refractivity contribution >= 4 is 0 Å². The second kappa shape index (κ2) is 8.12. The van der Waals surface area contributed by atoms with Crippen molar-refractivity contribution in [1.82, 2.24) is 0 Å². The Balaban J connectivity index is 1.54. The Morgan fingerprint density at radius 3 is 1.82 bits per heavy atom. The topological polar surface area (TPSA) is 31.0 Å². The molecule has 0 aromatic carbocycles. The first kappa shape index (κ1) is 18.2. The third-order valence-corrected chi connectivity index (χ3v) is 5.41. The lowest BCUT2D eigenvalue weighted by Crippen LogP contribution is -2.31. The van der Waals surface area contributed by atoms with Gasteiger partial charge in [-0.15, -0.1) is 0 Å². The van der Waals surface area contributed by atoms with Gasteiger partial charge in [0.1, 0.15) is 0 Å². The van der Waals surface area contributed by atoms with Gasteiger partial charge in [-0.05, 0) is 51.9 Å². The number of ether oxygens (including phenoxy) is 3. The summed E-state index contributed by atoms with van der Waals surface area (Å²) in [6.45, 7) is 11.6. The summed E-state index contributed by atoms with van der Waals surface area (Å²) in [4.78, 5) is 0. The molecule has 1 heterocycles. The van der Waals surface area contributed by atoms with Gasteiger partial charge in [-0.25, -0.2) is 0 Å². The first-order valence-corrected chi connectivity index (χ1v) is 9.38. The highest BCUT2D eigenvalue weighted by Gasteiger charge is 2.34. The van der Waals surface area contributed by atoms with Crippen LogP contribution in [0.15, 0.2) is 0 Å². The van der Waals surface area contributed by atoms with Gasteiger partial charge in [0.15, 0.2) is 0 Å². The Labute approximate surface area is 137 Å². The number of unbranched alkanes of at least 4 members (excludes halogenated alkanes) is 1. The lowest BCUT2D eigenvalue weighted by atomic mass is 9.96. The van der Waals surface area contributed by atoms with Crippen molar-refractivity contribution < 1.29 is 14.2 Å². The van der Waals surface area contributed by atoms with Crippen molar-refractivity contribution in [2.45, 2.75) is 96.4 Å². The molecule has 1 saturated carbocycles. The quantitative estimate of drug-likeness (QED) is 0.364. The van der Waals surface area contributed by atoms with E-state index in [0.717, 1.165) is 57.8 Å². The van der Waals surface area contributed by atoms with Crippen LogP contribution in [0.25, 0.3) is 0 Å². The number of hydrogen-bond donors (Lipinski definition) is 0. The number of hydrogen-bond acceptors (Lipinski definition) is 3. The van der Waals surface area contributed by atoms with Crippen LogP contribution in [-0.4, -0.2) is 37.1 Å². The summed E-state index contributed by atoms with van der Waals surface area (Å²) in [6, 6.07) is 0. The molecular weight excluding hydrogens is 276 g/mol. The molecule has 1 saturated heterocycles. The van der Waals surface area contributed by atoms with Crippen molar-refractivity contribution in [1.29, 1.82) is 0 Å². The van der Waals surface area contributed by atoms with Gasteiger partial charge < -0.3 is 14.2 Å². The molecule has 0 radical (unpaired) electrons. The summed E-state index contributed by atoms with van der Waals surface area (Å²) in [5, 5.41) is 0. The van der Waals surface area contributed by atoms with E-state index < -0.39 is 0 Å². The monoisotopic (exact) mass is 312 g/mol. The molecule has 2 fully saturated rings. The van der Waals surface area contributed by atoms with Crippen LogP contribution in [0.3, 0.4) is 0 Å². The maximum atomic E-state index is 6.19. The Morgan fingerprint density at radius 2 is 1.41 bits per heavy atom. The SMILES string of the molecule is CCC(C)(CC1CC1)OCCCCOC(C)(CC)CC1CO1. The van der Waals surface area contributed by atoms with E-state index in [9.17, 15) is 0 Å². The molecule has 0 aromatic heterocycles. The van der Waals surface area contributed by atoms with Crippen molar-refractivity contribution in [2.24, 2.45) is 5.92 Å². The van der Waals surface area contributed by atoms with E-state index in [4.69, 9.17) is 14.2 Å². The first-order chi connectivity index (χ1) is 10.5. The number of epoxide rings is 1. The molecule has 130 valence electrons. The lowest BCUT2D eigenvalue weighted by molar-refractivity contribution is -0.0611. The molecular formula is C19H36O3. The molecule has 3 atom stereocenters. The summed E-state index contributed by atoms with van der Waals surface area (Å²) >= 11 is 0. The normalized spacial score (nSPS) is 26.5. The van der Waals surface area contributed by atoms with Crippen LogP contribution in [0.4, 0.5) is 0 Å². The fraction of sp³-hybridized carbons (Fsp3) is 1.00. The average Bonchev–Trinajstić information content (AvgIpc) is 3.40. The summed E-state index contributed by atoms with van der Waals surface area (Å²) in [6.07, 6.45) is 9.91. The number of rotatable bonds is 13. The molecule has 3 nitrogen and oxygen atoms in total. The highest BCUT2D eigenvalue weighted by molar-refractivity contribution is 4.85. The summed E-state index contributed by atoms with van der Waals surface area (Å²) in [5.41, 5.74) is 0.0925. The Kier molecular flexibility index (Phi) is 6.73. The van der Waals surface area contributed by atoms with Gasteiger partial charge in [0.2, 0.25) is 0 Å². The Bertz CT molecular complexity index is 293. The zero-order valence-corrected chi connectivity index (χ0v) is 15.2. The standard InChI is InChI=1S/C19H36O3/c1-5-18(3,13-16-9-10-16)21-11-7-8-12-22-19(4,6-2)14-17-15-20-17/h16-17H,5-15H2,1-4H3. The molecule has 0 bridgehead atoms. The molecule has 1 aliphatic carbocycles. The van der Waals surface area contributed by atoms with Crippen molar-refractivity contribution in [3.8, 4) is 0 Å². The Morgan fingerprint density at radius 1 is 0.909 bits per heavy atom. The predicted molar refractivity (Wildman–Crippen MR) is 90.2 cm³/mol. The van der Waals surface area contributed by atoms with Crippen molar-refractivity contribution in [2.75, 3.05) is 19.8 Å². The second-order valence-corrected chi connectivity index (χ2v) is 7.82. The molecule has 2 aliphatic rings. The maximum absolute atomic E-state index is 6.19. The van der Waals surface area contributed by atoms with Crippen LogP contribution in [0.2, 0.25) is 0 Å². The molecule has 0 N–H and O–H groups in total. The van der Waals surface area contributed by atoms with Crippen LogP contribution in [-0.2, 0) is 14.2 Å². The fourth-order valence-electron chi connectivity index (χ4n) is 3.05. The molecule has 0 spiro atoms. The fourth-order valence-corrected chi connectivity index (χ4v) is 3.05. The second-order valence-electron chi connectivity index (χ2n) is 7.82. The summed E-state index contributed by atoms with van der Waals surface area (Å²) < 4.78 is 17.7. The molecule has 0 amide bonds. The highest BCUT2D eigenvalue weighted by Crippen LogP contribution is 2.39. The van der Waals surface area contributed by atoms with Crippen molar-refractivity contribution in [3.05, 3.63) is 0 Å². The van der Waals surface area contributed by atoms with Gasteiger partial charge >= 0.3 is 0 Å². The predicted octanol–water partition coefficient (Wildman–Crippen LogP) is 4.73. The molecule has 22 heavy (non-hydrogen) atoms. The molecule has 0 aromatic rings.